The number of hydrogen-bond acceptors (Lipinski definition) is 3. The van der Waals surface area contributed by atoms with E-state index >= 15 is 0 Å². The first-order valence-corrected chi connectivity index (χ1v) is 8.45. The van der Waals surface area contributed by atoms with Gasteiger partial charge in [-0.2, -0.15) is 0 Å². The van der Waals surface area contributed by atoms with E-state index in [0.717, 1.165) is 11.1 Å². The predicted octanol–water partition coefficient (Wildman–Crippen LogP) is 4.42. The second-order valence-electron chi connectivity index (χ2n) is 6.43. The third-order valence-corrected chi connectivity index (χ3v) is 4.33. The van der Waals surface area contributed by atoms with E-state index in [0.29, 0.717) is 16.8 Å². The van der Waals surface area contributed by atoms with E-state index in [1.807, 2.05) is 50.2 Å². The minimum atomic E-state index is -0.985. The normalized spacial score (nSPS) is 11.8. The van der Waals surface area contributed by atoms with Gasteiger partial charge in [0.1, 0.15) is 5.69 Å². The number of rotatable bonds is 5. The largest absolute Gasteiger partial charge is 0.444 e. The molecule has 0 saturated carbocycles. The lowest BCUT2D eigenvalue weighted by molar-refractivity contribution is 0.0271. The van der Waals surface area contributed by atoms with Crippen LogP contribution >= 0.6 is 0 Å². The van der Waals surface area contributed by atoms with Crippen LogP contribution in [0.2, 0.25) is 0 Å². The Hall–Kier alpha value is -3.14. The maximum absolute atomic E-state index is 13.0. The molecular weight excluding hydrogens is 326 g/mol. The van der Waals surface area contributed by atoms with Crippen molar-refractivity contribution in [2.75, 3.05) is 0 Å². The molecule has 0 aliphatic rings. The number of carbonyl (C=O) groups is 2. The molecule has 0 aliphatic heterocycles. The Labute approximate surface area is 153 Å². The standard InChI is InChI=1S/C22H21NO3/c1-15-6-10-17(11-7-15)20(24)21(18-12-8-16(2)9-13-18)26-22(25)19-5-4-14-23(19)3/h4-14,21H,1-3H3/t21-/m1/s1. The number of esters is 1. The maximum Gasteiger partial charge on any atom is 0.356 e. The molecule has 3 rings (SSSR count). The zero-order chi connectivity index (χ0) is 18.7. The molecule has 1 aromatic heterocycles. The van der Waals surface area contributed by atoms with Crippen LogP contribution in [0, 0.1) is 13.8 Å². The van der Waals surface area contributed by atoms with Crippen molar-refractivity contribution in [2.24, 2.45) is 7.05 Å². The minimum absolute atomic E-state index is 0.239. The number of ether oxygens (including phenoxy) is 1. The average molecular weight is 347 g/mol. The van der Waals surface area contributed by atoms with E-state index in [1.54, 1.807) is 42.1 Å². The molecule has 0 bridgehead atoms. The van der Waals surface area contributed by atoms with Crippen LogP contribution in [0.5, 0.6) is 0 Å². The smallest absolute Gasteiger partial charge is 0.356 e. The molecule has 0 unspecified atom stereocenters. The molecule has 0 radical (unpaired) electrons. The van der Waals surface area contributed by atoms with Gasteiger partial charge >= 0.3 is 5.97 Å². The third-order valence-electron chi connectivity index (χ3n) is 4.33. The van der Waals surface area contributed by atoms with Gasteiger partial charge in [0.2, 0.25) is 5.78 Å². The SMILES string of the molecule is Cc1ccc(C(=O)[C@H](OC(=O)c2cccn2C)c2ccc(C)cc2)cc1. The molecule has 0 N–H and O–H groups in total. The molecule has 0 saturated heterocycles. The highest BCUT2D eigenvalue weighted by Gasteiger charge is 2.27. The van der Waals surface area contributed by atoms with Gasteiger partial charge in [-0.3, -0.25) is 4.79 Å². The summed E-state index contributed by atoms with van der Waals surface area (Å²) in [5, 5.41) is 0. The van der Waals surface area contributed by atoms with Gasteiger partial charge in [0, 0.05) is 24.4 Å². The summed E-state index contributed by atoms with van der Waals surface area (Å²) in [7, 11) is 1.76. The molecule has 1 heterocycles. The molecular formula is C22H21NO3. The van der Waals surface area contributed by atoms with Crippen molar-refractivity contribution in [3.63, 3.8) is 0 Å². The summed E-state index contributed by atoms with van der Waals surface area (Å²) >= 11 is 0. The summed E-state index contributed by atoms with van der Waals surface area (Å²) in [5.41, 5.74) is 3.71. The predicted molar refractivity (Wildman–Crippen MR) is 100 cm³/mol. The lowest BCUT2D eigenvalue weighted by atomic mass is 9.98. The Morgan fingerprint density at radius 3 is 2.00 bits per heavy atom. The van der Waals surface area contributed by atoms with Crippen molar-refractivity contribution >= 4 is 11.8 Å². The third kappa shape index (κ3) is 3.75. The number of nitrogens with zero attached hydrogens (tertiary/aromatic N) is 1. The summed E-state index contributed by atoms with van der Waals surface area (Å²) < 4.78 is 7.31. The van der Waals surface area contributed by atoms with E-state index in [-0.39, 0.29) is 5.78 Å². The Morgan fingerprint density at radius 1 is 0.885 bits per heavy atom. The maximum atomic E-state index is 13.0. The molecule has 0 amide bonds. The van der Waals surface area contributed by atoms with Crippen LogP contribution in [-0.4, -0.2) is 16.3 Å². The van der Waals surface area contributed by atoms with E-state index in [4.69, 9.17) is 4.74 Å². The van der Waals surface area contributed by atoms with Gasteiger partial charge in [0.15, 0.2) is 6.10 Å². The number of hydrogen-bond donors (Lipinski definition) is 0. The van der Waals surface area contributed by atoms with Crippen LogP contribution in [-0.2, 0) is 11.8 Å². The molecule has 4 nitrogen and oxygen atoms in total. The van der Waals surface area contributed by atoms with Crippen LogP contribution in [0.25, 0.3) is 0 Å². The number of Topliss-reactive ketones (excluding diaryl/α,β-unsaturated/α-hetero) is 1. The lowest BCUT2D eigenvalue weighted by Crippen LogP contribution is -2.21. The van der Waals surface area contributed by atoms with Crippen LogP contribution < -0.4 is 0 Å². The molecule has 0 fully saturated rings. The Bertz CT molecular complexity index is 921. The van der Waals surface area contributed by atoms with Crippen molar-refractivity contribution in [1.82, 2.24) is 4.57 Å². The molecule has 4 heteroatoms. The fourth-order valence-electron chi connectivity index (χ4n) is 2.72. The van der Waals surface area contributed by atoms with Crippen LogP contribution in [0.3, 0.4) is 0 Å². The second kappa shape index (κ2) is 7.40. The highest BCUT2D eigenvalue weighted by atomic mass is 16.5. The highest BCUT2D eigenvalue weighted by Crippen LogP contribution is 2.25. The fourth-order valence-corrected chi connectivity index (χ4v) is 2.72. The quantitative estimate of drug-likeness (QED) is 0.507. The first-order chi connectivity index (χ1) is 12.5. The monoisotopic (exact) mass is 347 g/mol. The molecule has 0 aliphatic carbocycles. The minimum Gasteiger partial charge on any atom is -0.444 e. The molecule has 132 valence electrons. The van der Waals surface area contributed by atoms with Crippen molar-refractivity contribution < 1.29 is 14.3 Å². The van der Waals surface area contributed by atoms with Gasteiger partial charge in [0.05, 0.1) is 0 Å². The van der Waals surface area contributed by atoms with Gasteiger partial charge in [0.25, 0.3) is 0 Å². The number of aryl methyl sites for hydroxylation is 3. The van der Waals surface area contributed by atoms with Crippen molar-refractivity contribution in [3.05, 3.63) is 94.8 Å². The molecule has 0 spiro atoms. The van der Waals surface area contributed by atoms with Gasteiger partial charge in [-0.15, -0.1) is 0 Å². The van der Waals surface area contributed by atoms with E-state index in [9.17, 15) is 9.59 Å². The summed E-state index contributed by atoms with van der Waals surface area (Å²) in [4.78, 5) is 25.6. The Kier molecular flexibility index (Phi) is 5.03. The summed E-state index contributed by atoms with van der Waals surface area (Å²) in [6.07, 6.45) is 0.778. The van der Waals surface area contributed by atoms with Gasteiger partial charge in [-0.25, -0.2) is 4.79 Å². The molecule has 2 aromatic carbocycles. The summed E-state index contributed by atoms with van der Waals surface area (Å²) in [6, 6.07) is 18.2. The van der Waals surface area contributed by atoms with E-state index in [2.05, 4.69) is 0 Å². The second-order valence-corrected chi connectivity index (χ2v) is 6.43. The van der Waals surface area contributed by atoms with E-state index < -0.39 is 12.1 Å². The van der Waals surface area contributed by atoms with Gasteiger partial charge < -0.3 is 9.30 Å². The molecule has 3 aromatic rings. The molecule has 26 heavy (non-hydrogen) atoms. The van der Waals surface area contributed by atoms with Crippen molar-refractivity contribution in [2.45, 2.75) is 20.0 Å². The Morgan fingerprint density at radius 2 is 1.46 bits per heavy atom. The lowest BCUT2D eigenvalue weighted by Gasteiger charge is -2.18. The van der Waals surface area contributed by atoms with E-state index in [1.165, 1.54) is 0 Å². The zero-order valence-electron chi connectivity index (χ0n) is 15.1. The number of benzene rings is 2. The van der Waals surface area contributed by atoms with Crippen molar-refractivity contribution in [1.29, 1.82) is 0 Å². The van der Waals surface area contributed by atoms with Gasteiger partial charge in [-0.1, -0.05) is 59.7 Å². The first kappa shape index (κ1) is 17.7. The number of aromatic nitrogens is 1. The van der Waals surface area contributed by atoms with Gasteiger partial charge in [-0.05, 0) is 26.0 Å². The van der Waals surface area contributed by atoms with Crippen LogP contribution in [0.15, 0.2) is 66.9 Å². The molecule has 1 atom stereocenters. The number of carbonyl (C=O) groups excluding carboxylic acids is 2. The number of ketones is 1. The van der Waals surface area contributed by atoms with Crippen LogP contribution in [0.1, 0.15) is 43.6 Å². The Balaban J connectivity index is 1.94. The fraction of sp³-hybridized carbons (Fsp3) is 0.182. The first-order valence-electron chi connectivity index (χ1n) is 8.45. The summed E-state index contributed by atoms with van der Waals surface area (Å²) in [6.45, 7) is 3.93. The summed E-state index contributed by atoms with van der Waals surface area (Å²) in [5.74, 6) is -0.764. The zero-order valence-corrected chi connectivity index (χ0v) is 15.1. The topological polar surface area (TPSA) is 48.3 Å². The average Bonchev–Trinajstić information content (AvgIpc) is 3.06. The van der Waals surface area contributed by atoms with Crippen molar-refractivity contribution in [3.8, 4) is 0 Å². The highest BCUT2D eigenvalue weighted by molar-refractivity contribution is 6.02. The van der Waals surface area contributed by atoms with Crippen LogP contribution in [0.4, 0.5) is 0 Å².